The van der Waals surface area contributed by atoms with Gasteiger partial charge < -0.3 is 19.5 Å². The van der Waals surface area contributed by atoms with Crippen LogP contribution in [-0.2, 0) is 0 Å². The first kappa shape index (κ1) is 18.6. The molecule has 0 unspecified atom stereocenters. The van der Waals surface area contributed by atoms with E-state index in [1.54, 1.807) is 6.07 Å². The number of amides is 1. The van der Waals surface area contributed by atoms with Crippen LogP contribution in [0.4, 0.5) is 5.69 Å². The van der Waals surface area contributed by atoms with Gasteiger partial charge in [0.2, 0.25) is 5.75 Å². The van der Waals surface area contributed by atoms with Crippen LogP contribution in [0.5, 0.6) is 17.2 Å². The molecule has 2 rings (SSSR count). The van der Waals surface area contributed by atoms with Crippen molar-refractivity contribution in [2.75, 3.05) is 26.6 Å². The molecule has 1 N–H and O–H groups in total. The molecular formula is C17H17Br2NO4. The third-order valence-corrected chi connectivity index (χ3v) is 4.83. The van der Waals surface area contributed by atoms with E-state index >= 15 is 0 Å². The van der Waals surface area contributed by atoms with Crippen LogP contribution in [0, 0.1) is 6.92 Å². The van der Waals surface area contributed by atoms with Crippen LogP contribution in [0.25, 0.3) is 0 Å². The monoisotopic (exact) mass is 457 g/mol. The third kappa shape index (κ3) is 3.67. The molecule has 128 valence electrons. The molecule has 0 aliphatic rings. The highest BCUT2D eigenvalue weighted by Gasteiger charge is 2.23. The molecule has 2 aromatic rings. The fraction of sp³-hybridized carbons (Fsp3) is 0.235. The summed E-state index contributed by atoms with van der Waals surface area (Å²) >= 11 is 6.86. The number of methoxy groups -OCH3 is 3. The molecule has 0 saturated heterocycles. The molecule has 2 aromatic carbocycles. The summed E-state index contributed by atoms with van der Waals surface area (Å²) in [6, 6.07) is 7.29. The van der Waals surface area contributed by atoms with Crippen molar-refractivity contribution in [2.45, 2.75) is 6.92 Å². The second-order valence-corrected chi connectivity index (χ2v) is 6.59. The SMILES string of the molecule is COc1cc(C(=O)Nc2ccc(C)cc2Br)c(Br)c(OC)c1OC. The number of halogens is 2. The van der Waals surface area contributed by atoms with E-state index in [4.69, 9.17) is 14.2 Å². The summed E-state index contributed by atoms with van der Waals surface area (Å²) < 4.78 is 17.2. The third-order valence-electron chi connectivity index (χ3n) is 3.39. The van der Waals surface area contributed by atoms with E-state index in [-0.39, 0.29) is 5.91 Å². The van der Waals surface area contributed by atoms with Gasteiger partial charge in [0.15, 0.2) is 11.5 Å². The number of hydrogen-bond donors (Lipinski definition) is 1. The van der Waals surface area contributed by atoms with Gasteiger partial charge in [-0.15, -0.1) is 0 Å². The molecule has 0 fully saturated rings. The largest absolute Gasteiger partial charge is 0.493 e. The lowest BCUT2D eigenvalue weighted by Gasteiger charge is -2.17. The Kier molecular flexibility index (Phi) is 6.12. The number of ether oxygens (including phenoxy) is 3. The molecule has 5 nitrogen and oxygen atoms in total. The van der Waals surface area contributed by atoms with E-state index in [0.717, 1.165) is 10.0 Å². The van der Waals surface area contributed by atoms with Crippen molar-refractivity contribution < 1.29 is 19.0 Å². The first-order valence-electron chi connectivity index (χ1n) is 6.98. The average Bonchev–Trinajstić information content (AvgIpc) is 2.56. The summed E-state index contributed by atoms with van der Waals surface area (Å²) in [6.45, 7) is 1.98. The van der Waals surface area contributed by atoms with Gasteiger partial charge in [-0.3, -0.25) is 4.79 Å². The van der Waals surface area contributed by atoms with Crippen LogP contribution < -0.4 is 19.5 Å². The van der Waals surface area contributed by atoms with Crippen molar-refractivity contribution in [3.63, 3.8) is 0 Å². The maximum atomic E-state index is 12.7. The summed E-state index contributed by atoms with van der Waals surface area (Å²) in [7, 11) is 4.51. The van der Waals surface area contributed by atoms with Crippen molar-refractivity contribution in [3.05, 3.63) is 44.3 Å². The first-order chi connectivity index (χ1) is 11.4. The minimum atomic E-state index is -0.300. The lowest BCUT2D eigenvalue weighted by atomic mass is 10.1. The molecule has 0 saturated carbocycles. The van der Waals surface area contributed by atoms with Crippen LogP contribution in [-0.4, -0.2) is 27.2 Å². The molecule has 7 heteroatoms. The Bertz CT molecular complexity index is 778. The second-order valence-electron chi connectivity index (χ2n) is 4.94. The number of benzene rings is 2. The van der Waals surface area contributed by atoms with Gasteiger partial charge in [0, 0.05) is 4.47 Å². The lowest BCUT2D eigenvalue weighted by molar-refractivity contribution is 0.102. The first-order valence-corrected chi connectivity index (χ1v) is 8.57. The molecule has 1 amide bonds. The number of carbonyl (C=O) groups is 1. The van der Waals surface area contributed by atoms with Gasteiger partial charge in [0.25, 0.3) is 5.91 Å². The summed E-state index contributed by atoms with van der Waals surface area (Å²) in [6.07, 6.45) is 0. The fourth-order valence-electron chi connectivity index (χ4n) is 2.20. The number of nitrogens with one attached hydrogen (secondary N) is 1. The Balaban J connectivity index is 2.45. The van der Waals surface area contributed by atoms with Gasteiger partial charge in [0.05, 0.1) is 37.1 Å². The zero-order valence-corrected chi connectivity index (χ0v) is 16.9. The van der Waals surface area contributed by atoms with Crippen LogP contribution in [0.3, 0.4) is 0 Å². The Morgan fingerprint density at radius 2 is 1.67 bits per heavy atom. The highest BCUT2D eigenvalue weighted by Crippen LogP contribution is 2.45. The van der Waals surface area contributed by atoms with Crippen molar-refractivity contribution in [1.82, 2.24) is 0 Å². The smallest absolute Gasteiger partial charge is 0.257 e. The van der Waals surface area contributed by atoms with E-state index < -0.39 is 0 Å². The maximum absolute atomic E-state index is 12.7. The van der Waals surface area contributed by atoms with Gasteiger partial charge in [-0.2, -0.15) is 0 Å². The molecule has 0 atom stereocenters. The molecule has 0 aliphatic heterocycles. The Labute approximate surface area is 157 Å². The Morgan fingerprint density at radius 1 is 1.00 bits per heavy atom. The quantitative estimate of drug-likeness (QED) is 0.699. The van der Waals surface area contributed by atoms with Crippen molar-refractivity contribution >= 4 is 43.5 Å². The van der Waals surface area contributed by atoms with Gasteiger partial charge in [0.1, 0.15) is 0 Å². The number of hydrogen-bond acceptors (Lipinski definition) is 4. The standard InChI is InChI=1S/C17H17Br2NO4/c1-9-5-6-12(11(18)7-9)20-17(21)10-8-13(22-2)15(23-3)16(24-4)14(10)19/h5-8H,1-4H3,(H,20,21). The molecule has 0 bridgehead atoms. The highest BCUT2D eigenvalue weighted by molar-refractivity contribution is 9.11. The van der Waals surface area contributed by atoms with E-state index in [2.05, 4.69) is 37.2 Å². The van der Waals surface area contributed by atoms with Crippen LogP contribution in [0.2, 0.25) is 0 Å². The minimum absolute atomic E-state index is 0.300. The molecular weight excluding hydrogens is 442 g/mol. The molecule has 0 radical (unpaired) electrons. The van der Waals surface area contributed by atoms with E-state index in [9.17, 15) is 4.79 Å². The van der Waals surface area contributed by atoms with Crippen molar-refractivity contribution in [2.24, 2.45) is 0 Å². The molecule has 0 aromatic heterocycles. The summed E-state index contributed by atoms with van der Waals surface area (Å²) in [5.41, 5.74) is 2.14. The summed E-state index contributed by atoms with van der Waals surface area (Å²) in [5, 5.41) is 2.87. The lowest BCUT2D eigenvalue weighted by Crippen LogP contribution is -2.14. The Hall–Kier alpha value is -1.73. The molecule has 0 aliphatic carbocycles. The van der Waals surface area contributed by atoms with Crippen LogP contribution in [0.1, 0.15) is 15.9 Å². The number of carbonyl (C=O) groups excluding carboxylic acids is 1. The van der Waals surface area contributed by atoms with E-state index in [1.165, 1.54) is 21.3 Å². The van der Waals surface area contributed by atoms with E-state index in [0.29, 0.717) is 33.0 Å². The van der Waals surface area contributed by atoms with Gasteiger partial charge in [-0.05, 0) is 62.5 Å². The molecule has 0 heterocycles. The van der Waals surface area contributed by atoms with Crippen LogP contribution >= 0.6 is 31.9 Å². The molecule has 24 heavy (non-hydrogen) atoms. The second kappa shape index (κ2) is 7.90. The predicted octanol–water partition coefficient (Wildman–Crippen LogP) is 4.80. The normalized spacial score (nSPS) is 10.2. The minimum Gasteiger partial charge on any atom is -0.493 e. The molecule has 0 spiro atoms. The predicted molar refractivity (Wildman–Crippen MR) is 101 cm³/mol. The van der Waals surface area contributed by atoms with E-state index in [1.807, 2.05) is 25.1 Å². The van der Waals surface area contributed by atoms with Crippen molar-refractivity contribution in [3.8, 4) is 17.2 Å². The zero-order chi connectivity index (χ0) is 17.9. The summed E-state index contributed by atoms with van der Waals surface area (Å²) in [4.78, 5) is 12.7. The van der Waals surface area contributed by atoms with Gasteiger partial charge >= 0.3 is 0 Å². The summed E-state index contributed by atoms with van der Waals surface area (Å²) in [5.74, 6) is 0.918. The van der Waals surface area contributed by atoms with Gasteiger partial charge in [-0.1, -0.05) is 6.07 Å². The Morgan fingerprint density at radius 3 is 2.21 bits per heavy atom. The number of rotatable bonds is 5. The topological polar surface area (TPSA) is 56.8 Å². The fourth-order valence-corrected chi connectivity index (χ4v) is 3.43. The van der Waals surface area contributed by atoms with Gasteiger partial charge in [-0.25, -0.2) is 0 Å². The number of aryl methyl sites for hydroxylation is 1. The maximum Gasteiger partial charge on any atom is 0.257 e. The highest BCUT2D eigenvalue weighted by atomic mass is 79.9. The van der Waals surface area contributed by atoms with Crippen molar-refractivity contribution in [1.29, 1.82) is 0 Å². The number of anilines is 1. The zero-order valence-electron chi connectivity index (χ0n) is 13.7. The van der Waals surface area contributed by atoms with Crippen LogP contribution in [0.15, 0.2) is 33.2 Å². The average molecular weight is 459 g/mol.